The summed E-state index contributed by atoms with van der Waals surface area (Å²) in [4.78, 5) is 11.8. The fourth-order valence-electron chi connectivity index (χ4n) is 1.66. The molecule has 1 aromatic carbocycles. The second-order valence-electron chi connectivity index (χ2n) is 3.94. The van der Waals surface area contributed by atoms with Crippen LogP contribution in [-0.4, -0.2) is 12.3 Å². The van der Waals surface area contributed by atoms with Crippen LogP contribution in [-0.2, 0) is 6.54 Å². The first-order chi connectivity index (χ1) is 8.77. The van der Waals surface area contributed by atoms with Gasteiger partial charge in [-0.15, -0.1) is 11.3 Å². The van der Waals surface area contributed by atoms with Crippen molar-refractivity contribution in [1.29, 1.82) is 0 Å². The van der Waals surface area contributed by atoms with Crippen molar-refractivity contribution in [3.05, 3.63) is 57.2 Å². The van der Waals surface area contributed by atoms with Gasteiger partial charge in [0, 0.05) is 25.1 Å². The average Bonchev–Trinajstić information content (AvgIpc) is 2.82. The van der Waals surface area contributed by atoms with E-state index in [0.29, 0.717) is 22.9 Å². The van der Waals surface area contributed by atoms with Gasteiger partial charge in [-0.2, -0.15) is 0 Å². The maximum absolute atomic E-state index is 11.8. The van der Waals surface area contributed by atoms with E-state index < -0.39 is 0 Å². The Bertz CT molecular complexity index is 510. The third kappa shape index (κ3) is 3.67. The molecule has 1 heterocycles. The van der Waals surface area contributed by atoms with Crippen LogP contribution in [0.1, 0.15) is 22.3 Å². The Labute approximate surface area is 116 Å². The van der Waals surface area contributed by atoms with E-state index in [9.17, 15) is 4.79 Å². The molecule has 0 fully saturated rings. The smallest absolute Gasteiger partial charge is 0.166 e. The first kappa shape index (κ1) is 13.3. The molecule has 0 unspecified atom stereocenters. The summed E-state index contributed by atoms with van der Waals surface area (Å²) in [5, 5.41) is 5.09. The molecule has 1 N–H and O–H groups in total. The lowest BCUT2D eigenvalue weighted by Gasteiger charge is -2.04. The molecule has 4 heteroatoms. The monoisotopic (exact) mass is 279 g/mol. The third-order valence-electron chi connectivity index (χ3n) is 2.62. The van der Waals surface area contributed by atoms with Gasteiger partial charge in [0.25, 0.3) is 0 Å². The average molecular weight is 280 g/mol. The number of thiophene rings is 1. The lowest BCUT2D eigenvalue weighted by atomic mass is 10.1. The highest BCUT2D eigenvalue weighted by Crippen LogP contribution is 2.23. The number of Topliss-reactive ketones (excluding diaryl/α,β-unsaturated/α-hetero) is 1. The highest BCUT2D eigenvalue weighted by atomic mass is 35.5. The molecule has 0 aliphatic rings. The number of carbonyl (C=O) groups is 1. The number of hydrogen-bond acceptors (Lipinski definition) is 3. The van der Waals surface area contributed by atoms with Crippen molar-refractivity contribution in [2.75, 3.05) is 6.54 Å². The Morgan fingerprint density at radius 2 is 2.00 bits per heavy atom. The summed E-state index contributed by atoms with van der Waals surface area (Å²) in [6.45, 7) is 1.45. The van der Waals surface area contributed by atoms with Gasteiger partial charge < -0.3 is 5.32 Å². The van der Waals surface area contributed by atoms with Crippen LogP contribution < -0.4 is 5.32 Å². The minimum Gasteiger partial charge on any atom is -0.312 e. The Balaban J connectivity index is 1.73. The number of rotatable bonds is 6. The van der Waals surface area contributed by atoms with Crippen LogP contribution in [0.2, 0.25) is 4.34 Å². The van der Waals surface area contributed by atoms with E-state index >= 15 is 0 Å². The standard InChI is InChI=1S/C14H14ClNOS/c15-14-12(7-9-18-14)13(17)6-8-16-10-11-4-2-1-3-5-11/h1-5,7,9,16H,6,8,10H2. The number of ketones is 1. The number of benzene rings is 1. The zero-order valence-electron chi connectivity index (χ0n) is 9.86. The second-order valence-corrected chi connectivity index (χ2v) is 5.46. The maximum atomic E-state index is 11.8. The largest absolute Gasteiger partial charge is 0.312 e. The Morgan fingerprint density at radius 3 is 2.67 bits per heavy atom. The summed E-state index contributed by atoms with van der Waals surface area (Å²) in [6, 6.07) is 11.9. The summed E-state index contributed by atoms with van der Waals surface area (Å²) in [5.41, 5.74) is 1.86. The SMILES string of the molecule is O=C(CCNCc1ccccc1)c1ccsc1Cl. The molecule has 0 saturated heterocycles. The molecule has 94 valence electrons. The fraction of sp³-hybridized carbons (Fsp3) is 0.214. The first-order valence-electron chi connectivity index (χ1n) is 5.78. The summed E-state index contributed by atoms with van der Waals surface area (Å²) in [6.07, 6.45) is 0.475. The van der Waals surface area contributed by atoms with Gasteiger partial charge in [-0.05, 0) is 17.0 Å². The first-order valence-corrected chi connectivity index (χ1v) is 7.04. The van der Waals surface area contributed by atoms with Crippen LogP contribution in [0.25, 0.3) is 0 Å². The van der Waals surface area contributed by atoms with Crippen LogP contribution in [0.4, 0.5) is 0 Å². The van der Waals surface area contributed by atoms with E-state index in [1.165, 1.54) is 16.9 Å². The molecule has 18 heavy (non-hydrogen) atoms. The zero-order valence-corrected chi connectivity index (χ0v) is 11.4. The van der Waals surface area contributed by atoms with Crippen molar-refractivity contribution in [1.82, 2.24) is 5.32 Å². The molecule has 2 aromatic rings. The Hall–Kier alpha value is -1.16. The van der Waals surface area contributed by atoms with Crippen LogP contribution >= 0.6 is 22.9 Å². The zero-order chi connectivity index (χ0) is 12.8. The Kier molecular flexibility index (Phi) is 4.93. The molecule has 0 aliphatic carbocycles. The van der Waals surface area contributed by atoms with E-state index in [1.807, 2.05) is 23.6 Å². The molecule has 0 spiro atoms. The molecule has 1 aromatic heterocycles. The molecule has 0 amide bonds. The maximum Gasteiger partial charge on any atom is 0.166 e. The van der Waals surface area contributed by atoms with E-state index in [-0.39, 0.29) is 5.78 Å². The van der Waals surface area contributed by atoms with E-state index in [0.717, 1.165) is 6.54 Å². The van der Waals surface area contributed by atoms with E-state index in [4.69, 9.17) is 11.6 Å². The lowest BCUT2D eigenvalue weighted by Crippen LogP contribution is -2.17. The molecule has 0 atom stereocenters. The van der Waals surface area contributed by atoms with Crippen molar-refractivity contribution in [3.63, 3.8) is 0 Å². The quantitative estimate of drug-likeness (QED) is 0.644. The van der Waals surface area contributed by atoms with Gasteiger partial charge in [0.1, 0.15) is 4.34 Å². The highest BCUT2D eigenvalue weighted by molar-refractivity contribution is 7.14. The van der Waals surface area contributed by atoms with Gasteiger partial charge in [-0.25, -0.2) is 0 Å². The minimum atomic E-state index is 0.0989. The molecule has 0 aliphatic heterocycles. The van der Waals surface area contributed by atoms with Crippen molar-refractivity contribution in [2.24, 2.45) is 0 Å². The fourth-order valence-corrected chi connectivity index (χ4v) is 2.61. The number of nitrogens with one attached hydrogen (secondary N) is 1. The van der Waals surface area contributed by atoms with Gasteiger partial charge in [-0.3, -0.25) is 4.79 Å². The normalized spacial score (nSPS) is 10.5. The summed E-state index contributed by atoms with van der Waals surface area (Å²) < 4.78 is 0.586. The topological polar surface area (TPSA) is 29.1 Å². The third-order valence-corrected chi connectivity index (χ3v) is 3.79. The number of hydrogen-bond donors (Lipinski definition) is 1. The van der Waals surface area contributed by atoms with Gasteiger partial charge >= 0.3 is 0 Å². The van der Waals surface area contributed by atoms with Crippen molar-refractivity contribution in [3.8, 4) is 0 Å². The number of halogens is 1. The lowest BCUT2D eigenvalue weighted by molar-refractivity contribution is 0.0983. The van der Waals surface area contributed by atoms with Crippen molar-refractivity contribution in [2.45, 2.75) is 13.0 Å². The van der Waals surface area contributed by atoms with Gasteiger partial charge in [-0.1, -0.05) is 41.9 Å². The summed E-state index contributed by atoms with van der Waals surface area (Å²) in [5.74, 6) is 0.0989. The van der Waals surface area contributed by atoms with Crippen molar-refractivity contribution >= 4 is 28.7 Å². The predicted molar refractivity (Wildman–Crippen MR) is 76.4 cm³/mol. The molecule has 2 rings (SSSR count). The predicted octanol–water partition coefficient (Wildman–Crippen LogP) is 3.76. The van der Waals surface area contributed by atoms with E-state index in [1.54, 1.807) is 6.07 Å². The highest BCUT2D eigenvalue weighted by Gasteiger charge is 2.10. The van der Waals surface area contributed by atoms with E-state index in [2.05, 4.69) is 17.4 Å². The second kappa shape index (κ2) is 6.69. The molecule has 2 nitrogen and oxygen atoms in total. The van der Waals surface area contributed by atoms with Crippen molar-refractivity contribution < 1.29 is 4.79 Å². The molecular formula is C14H14ClNOS. The van der Waals surface area contributed by atoms with Crippen LogP contribution in [0.3, 0.4) is 0 Å². The van der Waals surface area contributed by atoms with Gasteiger partial charge in [0.2, 0.25) is 0 Å². The van der Waals surface area contributed by atoms with Crippen LogP contribution in [0, 0.1) is 0 Å². The van der Waals surface area contributed by atoms with Crippen LogP contribution in [0.5, 0.6) is 0 Å². The van der Waals surface area contributed by atoms with Gasteiger partial charge in [0.05, 0.1) is 0 Å². The molecule has 0 saturated carbocycles. The molecule has 0 bridgehead atoms. The molecular weight excluding hydrogens is 266 g/mol. The summed E-state index contributed by atoms with van der Waals surface area (Å²) >= 11 is 7.31. The Morgan fingerprint density at radius 1 is 1.22 bits per heavy atom. The van der Waals surface area contributed by atoms with Gasteiger partial charge in [0.15, 0.2) is 5.78 Å². The summed E-state index contributed by atoms with van der Waals surface area (Å²) in [7, 11) is 0. The number of carbonyl (C=O) groups excluding carboxylic acids is 1. The van der Waals surface area contributed by atoms with Crippen LogP contribution in [0.15, 0.2) is 41.8 Å². The minimum absolute atomic E-state index is 0.0989. The molecule has 0 radical (unpaired) electrons.